The zero-order valence-corrected chi connectivity index (χ0v) is 42.4. The Morgan fingerprint density at radius 2 is 1.59 bits per heavy atom. The number of cyclic esters (lactones) is 1. The molecule has 15 heteroatoms. The number of hydrogen-bond acceptors (Lipinski definition) is 14. The smallest absolute Gasteiger partial charge is 0.329 e. The van der Waals surface area contributed by atoms with E-state index in [1.807, 2.05) is 58.1 Å². The van der Waals surface area contributed by atoms with E-state index in [1.165, 1.54) is 12.0 Å². The number of esters is 1. The minimum Gasteiger partial charge on any atom is -0.460 e. The van der Waals surface area contributed by atoms with Crippen molar-refractivity contribution in [3.63, 3.8) is 0 Å². The molecule has 68 heavy (non-hydrogen) atoms. The van der Waals surface area contributed by atoms with E-state index >= 15 is 0 Å². The summed E-state index contributed by atoms with van der Waals surface area (Å²) in [4.78, 5) is 72.1. The fraction of sp³-hybridized carbons (Fsp3) is 0.755. The third-order valence-electron chi connectivity index (χ3n) is 14.9. The van der Waals surface area contributed by atoms with Gasteiger partial charge in [0.1, 0.15) is 30.1 Å². The van der Waals surface area contributed by atoms with Gasteiger partial charge >= 0.3 is 5.97 Å². The summed E-state index contributed by atoms with van der Waals surface area (Å²) in [6, 6.07) is -1.14. The van der Waals surface area contributed by atoms with Crippen LogP contribution in [0.4, 0.5) is 0 Å². The van der Waals surface area contributed by atoms with Crippen molar-refractivity contribution in [3.8, 4) is 0 Å². The van der Waals surface area contributed by atoms with Gasteiger partial charge in [-0.15, -0.1) is 0 Å². The SMILES string of the molecule is COC1C(=O)C(C)C[C@H](C)/C=C/C=C/C=C(\C)[C@@H](OC)C[C@@H]2CCC(C)C(O)(O2)C(=O)C(=O)N2CCCCC2C(=O)O[C@H]([C@H](C)CC2CC[C@@H](OCCO)C(OC)C2)CC(=O)[C@H](C)/C=C(\C)[C@H]1O. The molecule has 2 bridgehead atoms. The fourth-order valence-corrected chi connectivity index (χ4v) is 10.5. The van der Waals surface area contributed by atoms with Crippen molar-refractivity contribution in [2.75, 3.05) is 41.1 Å². The summed E-state index contributed by atoms with van der Waals surface area (Å²) in [5.41, 5.74) is 1.26. The molecule has 15 nitrogen and oxygen atoms in total. The fourth-order valence-electron chi connectivity index (χ4n) is 10.5. The molecular formula is C53H83NO14. The van der Waals surface area contributed by atoms with E-state index in [9.17, 15) is 39.3 Å². The van der Waals surface area contributed by atoms with E-state index in [0.717, 1.165) is 12.0 Å². The first-order valence-corrected chi connectivity index (χ1v) is 25.0. The molecule has 0 aromatic heterocycles. The molecule has 15 atom stereocenters. The molecule has 0 aromatic carbocycles. The molecule has 3 heterocycles. The number of ketones is 3. The number of nitrogens with zero attached hydrogens (tertiary/aromatic N) is 1. The second kappa shape index (κ2) is 27.3. The number of amides is 1. The summed E-state index contributed by atoms with van der Waals surface area (Å²) in [7, 11) is 4.58. The Bertz CT molecular complexity index is 1810. The highest BCUT2D eigenvalue weighted by Crippen LogP contribution is 2.38. The third-order valence-corrected chi connectivity index (χ3v) is 14.9. The molecule has 1 aliphatic carbocycles. The summed E-state index contributed by atoms with van der Waals surface area (Å²) in [6.07, 6.45) is 12.0. The number of allylic oxidation sites excluding steroid dienone is 6. The van der Waals surface area contributed by atoms with Gasteiger partial charge < -0.3 is 48.6 Å². The average Bonchev–Trinajstić information content (AvgIpc) is 3.32. The predicted molar refractivity (Wildman–Crippen MR) is 256 cm³/mol. The normalized spacial score (nSPS) is 39.2. The van der Waals surface area contributed by atoms with Crippen LogP contribution in [0.15, 0.2) is 47.6 Å². The minimum atomic E-state index is -2.43. The monoisotopic (exact) mass is 958 g/mol. The summed E-state index contributed by atoms with van der Waals surface area (Å²) in [5.74, 6) is -7.96. The number of fused-ring (bicyclic) bond motifs is 3. The molecule has 7 unspecified atom stereocenters. The number of ether oxygens (including phenoxy) is 6. The molecule has 0 aromatic rings. The van der Waals surface area contributed by atoms with Gasteiger partial charge in [0.2, 0.25) is 5.79 Å². The Morgan fingerprint density at radius 1 is 0.853 bits per heavy atom. The number of aliphatic hydroxyl groups is 3. The lowest BCUT2D eigenvalue weighted by molar-refractivity contribution is -0.265. The number of hydrogen-bond donors (Lipinski definition) is 3. The van der Waals surface area contributed by atoms with Crippen LogP contribution in [0.2, 0.25) is 0 Å². The highest BCUT2D eigenvalue weighted by molar-refractivity contribution is 6.39. The Hall–Kier alpha value is -3.41. The van der Waals surface area contributed by atoms with Crippen LogP contribution in [0.25, 0.3) is 0 Å². The van der Waals surface area contributed by atoms with Crippen LogP contribution in [-0.4, -0.2) is 145 Å². The summed E-state index contributed by atoms with van der Waals surface area (Å²) >= 11 is 0. The maximum absolute atomic E-state index is 14.5. The first kappa shape index (κ1) is 57.2. The van der Waals surface area contributed by atoms with Crippen LogP contribution in [-0.2, 0) is 52.4 Å². The van der Waals surface area contributed by atoms with Crippen molar-refractivity contribution in [2.45, 2.75) is 180 Å². The largest absolute Gasteiger partial charge is 0.460 e. The molecule has 1 amide bonds. The predicted octanol–water partition coefficient (Wildman–Crippen LogP) is 6.20. The standard InChI is InChI=1S/C53H83NO14/c1-32-16-12-11-13-17-33(2)44(63-8)30-40-21-19-38(7)53(62,68-40)50(59)51(60)54-23-15-14-18-41(54)52(61)67-45(35(4)28-39-20-22-43(66-25-24-55)46(29-39)64-9)31-42(56)34(3)27-37(6)48(58)49(65-10)47(57)36(5)26-32/h11-13,16-17,27,32,34-36,38-41,43-46,48-49,55,58,62H,14-15,18-26,28-31H2,1-10H3/b13-11+,16-12+,33-17+,37-27+/t32-,34-,35-,36?,38?,39?,40+,41?,43-,44+,45+,46?,48-,49?,53?/m1/s1. The molecule has 4 rings (SSSR count). The molecule has 3 N–H and O–H groups in total. The van der Waals surface area contributed by atoms with Gasteiger partial charge in [0.05, 0.1) is 37.6 Å². The number of aliphatic hydroxyl groups excluding tert-OH is 2. The zero-order chi connectivity index (χ0) is 50.3. The Balaban J connectivity index is 1.70. The van der Waals surface area contributed by atoms with Crippen molar-refractivity contribution < 1.29 is 67.7 Å². The van der Waals surface area contributed by atoms with Crippen molar-refractivity contribution in [2.24, 2.45) is 35.5 Å². The van der Waals surface area contributed by atoms with Gasteiger partial charge in [-0.2, -0.15) is 0 Å². The summed E-state index contributed by atoms with van der Waals surface area (Å²) < 4.78 is 35.6. The van der Waals surface area contributed by atoms with Crippen LogP contribution in [0.1, 0.15) is 126 Å². The van der Waals surface area contributed by atoms with Gasteiger partial charge in [-0.3, -0.25) is 19.2 Å². The van der Waals surface area contributed by atoms with E-state index in [4.69, 9.17) is 28.4 Å². The summed E-state index contributed by atoms with van der Waals surface area (Å²) in [6.45, 7) is 12.9. The highest BCUT2D eigenvalue weighted by Gasteiger charge is 2.53. The number of rotatable bonds is 9. The maximum Gasteiger partial charge on any atom is 0.329 e. The Morgan fingerprint density at radius 3 is 2.26 bits per heavy atom. The Labute approximate surface area is 405 Å². The molecule has 2 saturated heterocycles. The lowest BCUT2D eigenvalue weighted by atomic mass is 9.78. The molecule has 0 spiro atoms. The number of piperidine rings is 1. The van der Waals surface area contributed by atoms with Crippen molar-refractivity contribution >= 4 is 29.2 Å². The molecule has 0 radical (unpaired) electrons. The van der Waals surface area contributed by atoms with E-state index in [2.05, 4.69) is 0 Å². The third kappa shape index (κ3) is 15.3. The number of carbonyl (C=O) groups is 5. The quantitative estimate of drug-likeness (QED) is 0.134. The van der Waals surface area contributed by atoms with Gasteiger partial charge in [0.15, 0.2) is 5.78 Å². The lowest BCUT2D eigenvalue weighted by Crippen LogP contribution is -2.61. The van der Waals surface area contributed by atoms with Crippen LogP contribution in [0.3, 0.4) is 0 Å². The van der Waals surface area contributed by atoms with Gasteiger partial charge in [-0.25, -0.2) is 4.79 Å². The second-order valence-electron chi connectivity index (χ2n) is 20.2. The van der Waals surface area contributed by atoms with E-state index in [1.54, 1.807) is 41.1 Å². The molecule has 1 saturated carbocycles. The van der Waals surface area contributed by atoms with Crippen molar-refractivity contribution in [1.82, 2.24) is 4.90 Å². The van der Waals surface area contributed by atoms with Crippen LogP contribution < -0.4 is 0 Å². The minimum absolute atomic E-state index is 0.0158. The topological polar surface area (TPSA) is 205 Å². The number of methoxy groups -OCH3 is 3. The molecule has 3 aliphatic heterocycles. The number of Topliss-reactive ketones (excluding diaryl/α,β-unsaturated/α-hetero) is 3. The van der Waals surface area contributed by atoms with E-state index < -0.39 is 77.8 Å². The maximum atomic E-state index is 14.5. The second-order valence-corrected chi connectivity index (χ2v) is 20.2. The Kier molecular flexibility index (Phi) is 22.9. The van der Waals surface area contributed by atoms with Crippen molar-refractivity contribution in [1.29, 1.82) is 0 Å². The first-order valence-electron chi connectivity index (χ1n) is 25.0. The molecule has 4 aliphatic rings. The van der Waals surface area contributed by atoms with E-state index in [-0.39, 0.29) is 74.1 Å². The van der Waals surface area contributed by atoms with Gasteiger partial charge in [-0.05, 0) is 107 Å². The van der Waals surface area contributed by atoms with Gasteiger partial charge in [-0.1, -0.05) is 71.1 Å². The van der Waals surface area contributed by atoms with Gasteiger partial charge in [0, 0.05) is 58.5 Å². The van der Waals surface area contributed by atoms with Crippen molar-refractivity contribution in [3.05, 3.63) is 47.6 Å². The van der Waals surface area contributed by atoms with Crippen LogP contribution in [0.5, 0.6) is 0 Å². The van der Waals surface area contributed by atoms with Gasteiger partial charge in [0.25, 0.3) is 11.7 Å². The summed E-state index contributed by atoms with van der Waals surface area (Å²) in [5, 5.41) is 32.8. The average molecular weight is 958 g/mol. The molecular weight excluding hydrogens is 875 g/mol. The van der Waals surface area contributed by atoms with Crippen LogP contribution >= 0.6 is 0 Å². The zero-order valence-electron chi connectivity index (χ0n) is 42.4. The number of carbonyl (C=O) groups excluding carboxylic acids is 5. The molecule has 384 valence electrons. The molecule has 3 fully saturated rings. The van der Waals surface area contributed by atoms with E-state index in [0.29, 0.717) is 63.4 Å². The lowest BCUT2D eigenvalue weighted by Gasteiger charge is -2.42. The van der Waals surface area contributed by atoms with Crippen LogP contribution in [0, 0.1) is 35.5 Å². The first-order chi connectivity index (χ1) is 32.3. The highest BCUT2D eigenvalue weighted by atomic mass is 16.6.